The standard InChI is InChI=1S/C19H16N6O5S2/c20-19-22-11(8-32-19)12(24-30)15(26)23-13-16(27)25-14(18(28)29)10(7-31-17(13)25)4-3-9-2-1-5-21-6-9/h1-6,8,13,17,30H,7H2,(H2,20,22)(H,23,26)(H,28,29)/b4-3+,24-12?/t13-,17+/m1/s1. The third-order valence-corrected chi connectivity index (χ3v) is 6.70. The molecule has 4 rings (SSSR count). The van der Waals surface area contributed by atoms with Crippen molar-refractivity contribution >= 4 is 57.8 Å². The number of carbonyl (C=O) groups is 3. The van der Waals surface area contributed by atoms with E-state index >= 15 is 0 Å². The molecule has 2 aromatic rings. The predicted octanol–water partition coefficient (Wildman–Crippen LogP) is 0.751. The fourth-order valence-corrected chi connectivity index (χ4v) is 5.13. The van der Waals surface area contributed by atoms with Gasteiger partial charge in [-0.2, -0.15) is 0 Å². The van der Waals surface area contributed by atoms with Crippen LogP contribution in [-0.2, 0) is 14.4 Å². The molecule has 0 saturated carbocycles. The number of β-lactam (4-membered cyclic amide) rings is 1. The maximum atomic E-state index is 12.7. The van der Waals surface area contributed by atoms with Gasteiger partial charge < -0.3 is 21.4 Å². The number of aliphatic carboxylic acids is 1. The van der Waals surface area contributed by atoms with Crippen molar-refractivity contribution in [3.05, 3.63) is 58.5 Å². The third-order valence-electron chi connectivity index (χ3n) is 4.73. The molecule has 164 valence electrons. The molecule has 32 heavy (non-hydrogen) atoms. The minimum Gasteiger partial charge on any atom is -0.477 e. The molecular weight excluding hydrogens is 456 g/mol. The maximum Gasteiger partial charge on any atom is 0.352 e. The number of fused-ring (bicyclic) bond motifs is 1. The van der Waals surface area contributed by atoms with E-state index < -0.39 is 29.2 Å². The first-order valence-electron chi connectivity index (χ1n) is 9.14. The number of thiazole rings is 1. The Kier molecular flexibility index (Phi) is 5.92. The summed E-state index contributed by atoms with van der Waals surface area (Å²) in [6, 6.07) is 2.60. The lowest BCUT2D eigenvalue weighted by Crippen LogP contribution is -2.71. The van der Waals surface area contributed by atoms with Crippen molar-refractivity contribution in [1.82, 2.24) is 20.2 Å². The molecule has 1 fully saturated rings. The van der Waals surface area contributed by atoms with Crippen molar-refractivity contribution < 1.29 is 24.7 Å². The van der Waals surface area contributed by atoms with Gasteiger partial charge in [0.15, 0.2) is 10.8 Å². The Balaban J connectivity index is 1.52. The van der Waals surface area contributed by atoms with Gasteiger partial charge in [-0.15, -0.1) is 23.1 Å². The summed E-state index contributed by atoms with van der Waals surface area (Å²) in [5.41, 5.74) is 6.35. The second-order valence-electron chi connectivity index (χ2n) is 6.68. The van der Waals surface area contributed by atoms with Crippen LogP contribution >= 0.6 is 23.1 Å². The molecule has 1 saturated heterocycles. The van der Waals surface area contributed by atoms with Crippen LogP contribution in [0.5, 0.6) is 0 Å². The van der Waals surface area contributed by atoms with E-state index in [0.717, 1.165) is 21.8 Å². The smallest absolute Gasteiger partial charge is 0.352 e. The number of nitrogens with one attached hydrogen (secondary N) is 1. The fraction of sp³-hybridized carbons (Fsp3) is 0.158. The Morgan fingerprint density at radius 1 is 1.38 bits per heavy atom. The topological polar surface area (TPSA) is 171 Å². The van der Waals surface area contributed by atoms with Gasteiger partial charge in [0.2, 0.25) is 0 Å². The summed E-state index contributed by atoms with van der Waals surface area (Å²) in [5, 5.41) is 25.4. The molecule has 0 aromatic carbocycles. The third kappa shape index (κ3) is 3.94. The quantitative estimate of drug-likeness (QED) is 0.205. The van der Waals surface area contributed by atoms with E-state index in [1.807, 2.05) is 6.07 Å². The monoisotopic (exact) mass is 472 g/mol. The number of amides is 2. The number of carbonyl (C=O) groups excluding carboxylic acids is 2. The van der Waals surface area contributed by atoms with Crippen LogP contribution < -0.4 is 11.1 Å². The molecule has 2 aromatic heterocycles. The predicted molar refractivity (Wildman–Crippen MR) is 118 cm³/mol. The number of pyridine rings is 1. The average Bonchev–Trinajstić information content (AvgIpc) is 3.22. The zero-order valence-electron chi connectivity index (χ0n) is 16.2. The molecular formula is C19H16N6O5S2. The molecule has 0 bridgehead atoms. The summed E-state index contributed by atoms with van der Waals surface area (Å²) in [6.45, 7) is 0. The number of nitrogens with two attached hydrogens (primary N) is 1. The van der Waals surface area contributed by atoms with Crippen molar-refractivity contribution in [2.45, 2.75) is 11.4 Å². The molecule has 2 atom stereocenters. The number of nitrogens with zero attached hydrogens (tertiary/aromatic N) is 4. The summed E-state index contributed by atoms with van der Waals surface area (Å²) in [4.78, 5) is 46.3. The zero-order chi connectivity index (χ0) is 22.8. The van der Waals surface area contributed by atoms with Crippen LogP contribution in [0.15, 0.2) is 52.4 Å². The number of carboxylic acid groups (broad SMARTS) is 1. The second kappa shape index (κ2) is 8.80. The van der Waals surface area contributed by atoms with E-state index in [4.69, 9.17) is 5.73 Å². The van der Waals surface area contributed by atoms with E-state index in [2.05, 4.69) is 20.4 Å². The number of hydrogen-bond acceptors (Lipinski definition) is 10. The number of hydrogen-bond donors (Lipinski definition) is 4. The summed E-state index contributed by atoms with van der Waals surface area (Å²) < 4.78 is 0. The molecule has 2 amide bonds. The van der Waals surface area contributed by atoms with Crippen LogP contribution in [0.3, 0.4) is 0 Å². The van der Waals surface area contributed by atoms with Crippen molar-refractivity contribution in [2.75, 3.05) is 11.5 Å². The normalized spacial score (nSPS) is 20.8. The fourth-order valence-electron chi connectivity index (χ4n) is 3.26. The first-order valence-corrected chi connectivity index (χ1v) is 11.1. The SMILES string of the molecule is Nc1nc(C(=NO)C(=O)N[C@@H]2C(=O)N3C(C(=O)O)=C(/C=C/c4cccnc4)CS[C@@H]23)cs1. The molecule has 11 nitrogen and oxygen atoms in total. The summed E-state index contributed by atoms with van der Waals surface area (Å²) >= 11 is 2.38. The number of anilines is 1. The van der Waals surface area contributed by atoms with Gasteiger partial charge >= 0.3 is 5.97 Å². The first kappa shape index (κ1) is 21.5. The molecule has 0 aliphatic carbocycles. The van der Waals surface area contributed by atoms with Crippen LogP contribution in [-0.4, -0.2) is 65.8 Å². The lowest BCUT2D eigenvalue weighted by atomic mass is 10.0. The van der Waals surface area contributed by atoms with Crippen molar-refractivity contribution in [1.29, 1.82) is 0 Å². The Hall–Kier alpha value is -3.71. The van der Waals surface area contributed by atoms with E-state index in [1.54, 1.807) is 30.6 Å². The number of aromatic nitrogens is 2. The zero-order valence-corrected chi connectivity index (χ0v) is 17.8. The lowest BCUT2D eigenvalue weighted by Gasteiger charge is -2.49. The molecule has 0 radical (unpaired) electrons. The first-order chi connectivity index (χ1) is 15.4. The number of oxime groups is 1. The Labute approximate surface area is 189 Å². The Bertz CT molecular complexity index is 1180. The number of nitrogen functional groups attached to an aromatic ring is 1. The highest BCUT2D eigenvalue weighted by atomic mass is 32.2. The van der Waals surface area contributed by atoms with Crippen LogP contribution in [0.4, 0.5) is 5.13 Å². The number of thioether (sulfide) groups is 1. The van der Waals surface area contributed by atoms with Gasteiger partial charge in [0, 0.05) is 23.5 Å². The Morgan fingerprint density at radius 2 is 2.19 bits per heavy atom. The molecule has 4 heterocycles. The maximum absolute atomic E-state index is 12.7. The van der Waals surface area contributed by atoms with Crippen molar-refractivity contribution in [2.24, 2.45) is 5.16 Å². The molecule has 0 unspecified atom stereocenters. The van der Waals surface area contributed by atoms with Crippen LogP contribution in [0.2, 0.25) is 0 Å². The molecule has 2 aliphatic heterocycles. The highest BCUT2D eigenvalue weighted by molar-refractivity contribution is 8.00. The van der Waals surface area contributed by atoms with Gasteiger partial charge in [-0.1, -0.05) is 23.4 Å². The minimum atomic E-state index is -1.24. The highest BCUT2D eigenvalue weighted by Gasteiger charge is 2.54. The van der Waals surface area contributed by atoms with Crippen LogP contribution in [0, 0.1) is 0 Å². The molecule has 5 N–H and O–H groups in total. The van der Waals surface area contributed by atoms with E-state index in [-0.39, 0.29) is 22.2 Å². The largest absolute Gasteiger partial charge is 0.477 e. The van der Waals surface area contributed by atoms with Crippen molar-refractivity contribution in [3.63, 3.8) is 0 Å². The summed E-state index contributed by atoms with van der Waals surface area (Å²) in [7, 11) is 0. The van der Waals surface area contributed by atoms with Crippen LogP contribution in [0.1, 0.15) is 11.3 Å². The van der Waals surface area contributed by atoms with Gasteiger partial charge in [-0.05, 0) is 17.2 Å². The minimum absolute atomic E-state index is 0.0707. The summed E-state index contributed by atoms with van der Waals surface area (Å²) in [6.07, 6.45) is 6.63. The average molecular weight is 473 g/mol. The van der Waals surface area contributed by atoms with Crippen molar-refractivity contribution in [3.8, 4) is 0 Å². The lowest BCUT2D eigenvalue weighted by molar-refractivity contribution is -0.150. The van der Waals surface area contributed by atoms with E-state index in [1.165, 1.54) is 17.1 Å². The highest BCUT2D eigenvalue weighted by Crippen LogP contribution is 2.40. The van der Waals surface area contributed by atoms with Gasteiger partial charge in [-0.25, -0.2) is 9.78 Å². The van der Waals surface area contributed by atoms with Gasteiger partial charge in [-0.3, -0.25) is 19.5 Å². The van der Waals surface area contributed by atoms with E-state index in [9.17, 15) is 24.7 Å². The second-order valence-corrected chi connectivity index (χ2v) is 8.67. The van der Waals surface area contributed by atoms with Gasteiger partial charge in [0.25, 0.3) is 11.8 Å². The van der Waals surface area contributed by atoms with Crippen LogP contribution in [0.25, 0.3) is 6.08 Å². The van der Waals surface area contributed by atoms with Gasteiger partial charge in [0.1, 0.15) is 22.8 Å². The Morgan fingerprint density at radius 3 is 2.81 bits per heavy atom. The van der Waals surface area contributed by atoms with Gasteiger partial charge in [0.05, 0.1) is 0 Å². The molecule has 13 heteroatoms. The molecule has 2 aliphatic rings. The van der Waals surface area contributed by atoms with E-state index in [0.29, 0.717) is 11.3 Å². The summed E-state index contributed by atoms with van der Waals surface area (Å²) in [5.74, 6) is -2.31. The number of allylic oxidation sites excluding steroid dienone is 1. The number of carboxylic acids is 1. The molecule has 0 spiro atoms. The number of rotatable bonds is 6.